The summed E-state index contributed by atoms with van der Waals surface area (Å²) in [6.07, 6.45) is 1.03. The molecule has 1 aliphatic rings. The zero-order valence-electron chi connectivity index (χ0n) is 12.4. The molecule has 2 nitrogen and oxygen atoms in total. The molecule has 116 valence electrons. The molecule has 0 spiro atoms. The predicted octanol–water partition coefficient (Wildman–Crippen LogP) is 4.31. The normalized spacial score (nSPS) is 22.7. The lowest BCUT2D eigenvalue weighted by molar-refractivity contribution is 0.181. The van der Waals surface area contributed by atoms with Crippen molar-refractivity contribution in [2.24, 2.45) is 5.73 Å². The molecule has 1 heterocycles. The van der Waals surface area contributed by atoms with E-state index >= 15 is 0 Å². The molecular formula is C18H20Cl2N2. The number of halogens is 2. The fourth-order valence-corrected chi connectivity index (χ4v) is 3.44. The molecule has 2 aromatic rings. The SMILES string of the molecule is NC1CC(c2ccc(Cl)cc2)CN(Cc2ccc(Cl)cc2)C1. The molecule has 0 saturated carbocycles. The number of benzene rings is 2. The first-order valence-electron chi connectivity index (χ1n) is 7.58. The Kier molecular flexibility index (Phi) is 5.04. The predicted molar refractivity (Wildman–Crippen MR) is 93.5 cm³/mol. The van der Waals surface area contributed by atoms with Crippen molar-refractivity contribution in [2.75, 3.05) is 13.1 Å². The van der Waals surface area contributed by atoms with Gasteiger partial charge in [-0.1, -0.05) is 47.5 Å². The molecule has 4 heteroatoms. The highest BCUT2D eigenvalue weighted by atomic mass is 35.5. The number of nitrogens with two attached hydrogens (primary N) is 1. The minimum Gasteiger partial charge on any atom is -0.327 e. The third-order valence-electron chi connectivity index (χ3n) is 4.22. The second-order valence-electron chi connectivity index (χ2n) is 6.06. The Morgan fingerprint density at radius 2 is 1.50 bits per heavy atom. The van der Waals surface area contributed by atoms with E-state index < -0.39 is 0 Å². The van der Waals surface area contributed by atoms with Crippen LogP contribution in [0.3, 0.4) is 0 Å². The monoisotopic (exact) mass is 334 g/mol. The summed E-state index contributed by atoms with van der Waals surface area (Å²) >= 11 is 11.9. The van der Waals surface area contributed by atoms with Gasteiger partial charge in [-0.15, -0.1) is 0 Å². The van der Waals surface area contributed by atoms with E-state index in [1.165, 1.54) is 11.1 Å². The Labute approximate surface area is 141 Å². The van der Waals surface area contributed by atoms with Gasteiger partial charge < -0.3 is 5.73 Å². The number of likely N-dealkylation sites (tertiary alicyclic amines) is 1. The molecule has 2 aromatic carbocycles. The Balaban J connectivity index is 1.70. The quantitative estimate of drug-likeness (QED) is 0.906. The Morgan fingerprint density at radius 3 is 2.14 bits per heavy atom. The third kappa shape index (κ3) is 4.02. The summed E-state index contributed by atoms with van der Waals surface area (Å²) in [5.41, 5.74) is 8.86. The van der Waals surface area contributed by atoms with Gasteiger partial charge in [-0.25, -0.2) is 0 Å². The number of rotatable bonds is 3. The van der Waals surface area contributed by atoms with E-state index in [1.54, 1.807) is 0 Å². The summed E-state index contributed by atoms with van der Waals surface area (Å²) < 4.78 is 0. The smallest absolute Gasteiger partial charge is 0.0406 e. The fraction of sp³-hybridized carbons (Fsp3) is 0.333. The summed E-state index contributed by atoms with van der Waals surface area (Å²) in [4.78, 5) is 2.43. The molecule has 3 rings (SSSR count). The minimum atomic E-state index is 0.210. The average Bonchev–Trinajstić information content (AvgIpc) is 2.50. The van der Waals surface area contributed by atoms with E-state index in [2.05, 4.69) is 29.2 Å². The van der Waals surface area contributed by atoms with E-state index in [-0.39, 0.29) is 6.04 Å². The van der Waals surface area contributed by atoms with Crippen molar-refractivity contribution in [3.8, 4) is 0 Å². The highest BCUT2D eigenvalue weighted by molar-refractivity contribution is 6.30. The highest BCUT2D eigenvalue weighted by Gasteiger charge is 2.26. The minimum absolute atomic E-state index is 0.210. The topological polar surface area (TPSA) is 29.3 Å². The lowest BCUT2D eigenvalue weighted by atomic mass is 9.88. The maximum atomic E-state index is 6.27. The first-order chi connectivity index (χ1) is 10.6. The summed E-state index contributed by atoms with van der Waals surface area (Å²) in [5, 5.41) is 1.56. The van der Waals surface area contributed by atoms with Gasteiger partial charge >= 0.3 is 0 Å². The van der Waals surface area contributed by atoms with Crippen molar-refractivity contribution in [3.05, 3.63) is 69.7 Å². The zero-order valence-corrected chi connectivity index (χ0v) is 13.9. The van der Waals surface area contributed by atoms with Crippen LogP contribution in [0.1, 0.15) is 23.5 Å². The fourth-order valence-electron chi connectivity index (χ4n) is 3.19. The van der Waals surface area contributed by atoms with Gasteiger partial charge in [0, 0.05) is 35.7 Å². The highest BCUT2D eigenvalue weighted by Crippen LogP contribution is 2.28. The van der Waals surface area contributed by atoms with E-state index in [0.717, 1.165) is 36.1 Å². The summed E-state index contributed by atoms with van der Waals surface area (Å²) in [6, 6.07) is 16.4. The summed E-state index contributed by atoms with van der Waals surface area (Å²) in [6.45, 7) is 2.87. The lowest BCUT2D eigenvalue weighted by Crippen LogP contribution is -2.45. The summed E-state index contributed by atoms with van der Waals surface area (Å²) in [5.74, 6) is 0.466. The van der Waals surface area contributed by atoms with Crippen LogP contribution >= 0.6 is 23.2 Å². The van der Waals surface area contributed by atoms with Gasteiger partial charge in [0.2, 0.25) is 0 Å². The van der Waals surface area contributed by atoms with Gasteiger partial charge in [-0.05, 0) is 47.7 Å². The van der Waals surface area contributed by atoms with E-state index in [9.17, 15) is 0 Å². The second kappa shape index (κ2) is 7.01. The van der Waals surface area contributed by atoms with E-state index in [1.807, 2.05) is 24.3 Å². The van der Waals surface area contributed by atoms with Crippen molar-refractivity contribution < 1.29 is 0 Å². The zero-order chi connectivity index (χ0) is 15.5. The van der Waals surface area contributed by atoms with Gasteiger partial charge in [-0.3, -0.25) is 4.90 Å². The maximum absolute atomic E-state index is 6.27. The van der Waals surface area contributed by atoms with E-state index in [4.69, 9.17) is 28.9 Å². The molecular weight excluding hydrogens is 315 g/mol. The van der Waals surface area contributed by atoms with Crippen molar-refractivity contribution in [1.82, 2.24) is 4.90 Å². The Bertz CT molecular complexity index is 610. The molecule has 1 fully saturated rings. The largest absolute Gasteiger partial charge is 0.327 e. The molecule has 0 aliphatic carbocycles. The van der Waals surface area contributed by atoms with Crippen LogP contribution in [0.2, 0.25) is 10.0 Å². The Morgan fingerprint density at radius 1 is 0.909 bits per heavy atom. The molecule has 0 aromatic heterocycles. The van der Waals surface area contributed by atoms with Crippen LogP contribution in [0.5, 0.6) is 0 Å². The molecule has 2 atom stereocenters. The standard InChI is InChI=1S/C18H20Cl2N2/c19-16-5-1-13(2-6-16)10-22-11-15(9-18(21)12-22)14-3-7-17(20)8-4-14/h1-8,15,18H,9-12,21H2. The van der Waals surface area contributed by atoms with Crippen molar-refractivity contribution in [3.63, 3.8) is 0 Å². The molecule has 1 saturated heterocycles. The van der Waals surface area contributed by atoms with Crippen LogP contribution in [0.4, 0.5) is 0 Å². The van der Waals surface area contributed by atoms with Gasteiger partial charge in [0.25, 0.3) is 0 Å². The second-order valence-corrected chi connectivity index (χ2v) is 6.94. The maximum Gasteiger partial charge on any atom is 0.0406 e. The van der Waals surface area contributed by atoms with Gasteiger partial charge in [0.05, 0.1) is 0 Å². The average molecular weight is 335 g/mol. The van der Waals surface area contributed by atoms with Crippen molar-refractivity contribution >= 4 is 23.2 Å². The van der Waals surface area contributed by atoms with Crippen molar-refractivity contribution in [2.45, 2.75) is 24.9 Å². The van der Waals surface area contributed by atoms with E-state index in [0.29, 0.717) is 5.92 Å². The van der Waals surface area contributed by atoms with Crippen LogP contribution in [0.15, 0.2) is 48.5 Å². The van der Waals surface area contributed by atoms with Crippen LogP contribution < -0.4 is 5.73 Å². The first kappa shape index (κ1) is 15.8. The molecule has 0 radical (unpaired) electrons. The van der Waals surface area contributed by atoms with Crippen LogP contribution in [0, 0.1) is 0 Å². The molecule has 2 unspecified atom stereocenters. The van der Waals surface area contributed by atoms with Crippen LogP contribution in [-0.4, -0.2) is 24.0 Å². The molecule has 0 bridgehead atoms. The molecule has 2 N–H and O–H groups in total. The third-order valence-corrected chi connectivity index (χ3v) is 4.72. The van der Waals surface area contributed by atoms with Crippen LogP contribution in [-0.2, 0) is 6.54 Å². The van der Waals surface area contributed by atoms with Gasteiger partial charge in [0.1, 0.15) is 0 Å². The number of nitrogens with zero attached hydrogens (tertiary/aromatic N) is 1. The molecule has 22 heavy (non-hydrogen) atoms. The lowest BCUT2D eigenvalue weighted by Gasteiger charge is -2.36. The first-order valence-corrected chi connectivity index (χ1v) is 8.33. The van der Waals surface area contributed by atoms with Crippen LogP contribution in [0.25, 0.3) is 0 Å². The van der Waals surface area contributed by atoms with Crippen molar-refractivity contribution in [1.29, 1.82) is 0 Å². The molecule has 1 aliphatic heterocycles. The molecule has 0 amide bonds. The number of hydrogen-bond acceptors (Lipinski definition) is 2. The number of piperidine rings is 1. The van der Waals surface area contributed by atoms with Gasteiger partial charge in [0.15, 0.2) is 0 Å². The summed E-state index contributed by atoms with van der Waals surface area (Å²) in [7, 11) is 0. The van der Waals surface area contributed by atoms with Gasteiger partial charge in [-0.2, -0.15) is 0 Å². The number of hydrogen-bond donors (Lipinski definition) is 1. The Hall–Kier alpha value is -1.06.